The van der Waals surface area contributed by atoms with Crippen molar-refractivity contribution < 1.29 is 29.0 Å². The van der Waals surface area contributed by atoms with E-state index < -0.39 is 41.7 Å². The van der Waals surface area contributed by atoms with E-state index in [0.717, 1.165) is 10.8 Å². The minimum Gasteiger partial charge on any atom is -0.494 e. The van der Waals surface area contributed by atoms with Gasteiger partial charge in [0, 0.05) is 24.5 Å². The number of anilines is 2. The average Bonchev–Trinajstić information content (AvgIpc) is 3.69. The highest BCUT2D eigenvalue weighted by atomic mass is 16.5. The van der Waals surface area contributed by atoms with E-state index in [0.29, 0.717) is 35.7 Å². The lowest BCUT2D eigenvalue weighted by Crippen LogP contribution is -2.57. The van der Waals surface area contributed by atoms with Crippen LogP contribution in [0.1, 0.15) is 38.8 Å². The summed E-state index contributed by atoms with van der Waals surface area (Å²) in [6.07, 6.45) is 3.71. The molecule has 274 valence electrons. The fourth-order valence-corrected chi connectivity index (χ4v) is 9.15. The number of ether oxygens (including phenoxy) is 2. The van der Waals surface area contributed by atoms with Gasteiger partial charge in [-0.25, -0.2) is 0 Å². The van der Waals surface area contributed by atoms with Crippen molar-refractivity contribution in [3.8, 4) is 5.75 Å². The Labute approximate surface area is 311 Å². The van der Waals surface area contributed by atoms with Gasteiger partial charge >= 0.3 is 0 Å². The molecule has 3 fully saturated rings. The van der Waals surface area contributed by atoms with Gasteiger partial charge in [-0.05, 0) is 78.9 Å². The second-order valence-corrected chi connectivity index (χ2v) is 14.5. The van der Waals surface area contributed by atoms with Crippen LogP contribution in [0.3, 0.4) is 0 Å². The summed E-state index contributed by atoms with van der Waals surface area (Å²) in [5.41, 5.74) is -0.446. The van der Waals surface area contributed by atoms with Gasteiger partial charge in [-0.1, -0.05) is 79.7 Å². The third-order valence-corrected chi connectivity index (χ3v) is 11.6. The zero-order valence-corrected chi connectivity index (χ0v) is 30.6. The number of aliphatic hydroxyl groups excluding tert-OH is 1. The Morgan fingerprint density at radius 2 is 1.55 bits per heavy atom. The van der Waals surface area contributed by atoms with Gasteiger partial charge in [0.1, 0.15) is 17.4 Å². The molecule has 1 spiro atoms. The molecule has 0 aliphatic carbocycles. The average molecular weight is 714 g/mol. The van der Waals surface area contributed by atoms with Crippen LogP contribution in [0.5, 0.6) is 5.75 Å². The topological polar surface area (TPSA) is 99.6 Å². The number of fused-ring (bicyclic) bond motifs is 2. The Morgan fingerprint density at radius 1 is 0.925 bits per heavy atom. The predicted octanol–water partition coefficient (Wildman–Crippen LogP) is 6.72. The van der Waals surface area contributed by atoms with Crippen molar-refractivity contribution >= 4 is 39.9 Å². The Bertz CT molecular complexity index is 2030. The molecule has 7 atom stereocenters. The quantitative estimate of drug-likeness (QED) is 0.155. The molecule has 0 radical (unpaired) electrons. The molecule has 3 aliphatic heterocycles. The summed E-state index contributed by atoms with van der Waals surface area (Å²) >= 11 is 0. The minimum absolute atomic E-state index is 0.172. The SMILES string of the molecule is C=CCN(C(=O)C1N([C@H](CO)c2ccccc2)C(=O)[C@@H]2[C@H](C(=O)N(CC=C)c3ccc(OCC)cc3)[C@@]3(C)OC12CC3C)c1ccc2ccccc2c1. The predicted molar refractivity (Wildman–Crippen MR) is 207 cm³/mol. The smallest absolute Gasteiger partial charge is 0.253 e. The maximum absolute atomic E-state index is 15.4. The zero-order valence-electron chi connectivity index (χ0n) is 30.6. The molecule has 4 aromatic carbocycles. The second kappa shape index (κ2) is 14.3. The number of amides is 3. The van der Waals surface area contributed by atoms with E-state index in [9.17, 15) is 5.11 Å². The van der Waals surface area contributed by atoms with Crippen LogP contribution in [0.25, 0.3) is 10.8 Å². The summed E-state index contributed by atoms with van der Waals surface area (Å²) < 4.78 is 12.8. The molecular formula is C44H47N3O6. The van der Waals surface area contributed by atoms with E-state index >= 15 is 14.4 Å². The third-order valence-electron chi connectivity index (χ3n) is 11.6. The first-order chi connectivity index (χ1) is 25.6. The molecule has 9 heteroatoms. The van der Waals surface area contributed by atoms with E-state index in [-0.39, 0.29) is 36.7 Å². The van der Waals surface area contributed by atoms with Gasteiger partial charge in [0.25, 0.3) is 5.91 Å². The Morgan fingerprint density at radius 3 is 2.19 bits per heavy atom. The highest BCUT2D eigenvalue weighted by Crippen LogP contribution is 2.66. The minimum atomic E-state index is -1.35. The molecular weight excluding hydrogens is 666 g/mol. The molecule has 3 amide bonds. The van der Waals surface area contributed by atoms with Crippen LogP contribution in [0.15, 0.2) is 122 Å². The number of aliphatic hydroxyl groups is 1. The number of rotatable bonds is 13. The number of hydrogen-bond donors (Lipinski definition) is 1. The molecule has 7 rings (SSSR count). The summed E-state index contributed by atoms with van der Waals surface area (Å²) in [7, 11) is 0. The Kier molecular flexibility index (Phi) is 9.74. The molecule has 3 unspecified atom stereocenters. The van der Waals surface area contributed by atoms with E-state index in [4.69, 9.17) is 9.47 Å². The lowest BCUT2D eigenvalue weighted by atomic mass is 9.62. The molecule has 0 aromatic heterocycles. The fourth-order valence-electron chi connectivity index (χ4n) is 9.15. The van der Waals surface area contributed by atoms with E-state index in [1.165, 1.54) is 4.90 Å². The molecule has 9 nitrogen and oxygen atoms in total. The van der Waals surface area contributed by atoms with Crippen molar-refractivity contribution in [2.24, 2.45) is 17.8 Å². The van der Waals surface area contributed by atoms with Gasteiger partial charge < -0.3 is 29.3 Å². The third kappa shape index (κ3) is 5.83. The molecule has 3 heterocycles. The monoisotopic (exact) mass is 713 g/mol. The van der Waals surface area contributed by atoms with E-state index in [1.54, 1.807) is 22.0 Å². The number of nitrogens with zero attached hydrogens (tertiary/aromatic N) is 3. The number of carbonyl (C=O) groups is 3. The first-order valence-corrected chi connectivity index (χ1v) is 18.4. The van der Waals surface area contributed by atoms with E-state index in [2.05, 4.69) is 13.2 Å². The van der Waals surface area contributed by atoms with Crippen LogP contribution in [0.4, 0.5) is 11.4 Å². The second-order valence-electron chi connectivity index (χ2n) is 14.5. The Balaban J connectivity index is 1.37. The number of likely N-dealkylation sites (tertiary alicyclic amines) is 1. The van der Waals surface area contributed by atoms with Crippen LogP contribution >= 0.6 is 0 Å². The normalized spacial score (nSPS) is 26.3. The van der Waals surface area contributed by atoms with Gasteiger partial charge in [-0.3, -0.25) is 14.4 Å². The standard InChI is InChI=1S/C44H47N3O6/c1-6-24-45(33-20-22-35(23-21-33)52-8-3)40(49)37-38-41(50)47(36(28-48)31-15-10-9-11-16-31)39(44(38)27-29(4)43(37,5)53-44)42(51)46(25-7-2)34-19-18-30-14-12-13-17-32(30)26-34/h6-7,9-23,26,29,36-39,48H,1-2,8,24-25,27-28H2,3-5H3/t29?,36-,37-,38+,39?,43+,44?/m1/s1. The molecule has 2 bridgehead atoms. The largest absolute Gasteiger partial charge is 0.494 e. The lowest BCUT2D eigenvalue weighted by Gasteiger charge is -2.39. The van der Waals surface area contributed by atoms with E-state index in [1.807, 2.05) is 118 Å². The summed E-state index contributed by atoms with van der Waals surface area (Å²) in [6.45, 7) is 14.2. The summed E-state index contributed by atoms with van der Waals surface area (Å²) in [5, 5.41) is 13.0. The van der Waals surface area contributed by atoms with Gasteiger partial charge in [0.15, 0.2) is 0 Å². The number of hydrogen-bond acceptors (Lipinski definition) is 6. The number of carbonyl (C=O) groups excluding carboxylic acids is 3. The number of benzene rings is 4. The molecule has 4 aromatic rings. The molecule has 1 N–H and O–H groups in total. The highest BCUT2D eigenvalue weighted by molar-refractivity contribution is 6.07. The highest BCUT2D eigenvalue weighted by Gasteiger charge is 2.80. The van der Waals surface area contributed by atoms with Crippen LogP contribution in [-0.4, -0.2) is 71.3 Å². The van der Waals surface area contributed by atoms with Crippen LogP contribution in [-0.2, 0) is 19.1 Å². The Hall–Kier alpha value is -5.25. The van der Waals surface area contributed by atoms with Crippen LogP contribution in [0, 0.1) is 17.8 Å². The van der Waals surface area contributed by atoms with Crippen molar-refractivity contribution in [3.05, 3.63) is 128 Å². The molecule has 53 heavy (non-hydrogen) atoms. The van der Waals surface area contributed by atoms with Crippen molar-refractivity contribution in [2.45, 2.75) is 50.5 Å². The van der Waals surface area contributed by atoms with Crippen molar-refractivity contribution in [1.29, 1.82) is 0 Å². The molecule has 3 saturated heterocycles. The first kappa shape index (κ1) is 36.1. The van der Waals surface area contributed by atoms with Crippen LogP contribution < -0.4 is 14.5 Å². The van der Waals surface area contributed by atoms with Crippen molar-refractivity contribution in [2.75, 3.05) is 36.1 Å². The first-order valence-electron chi connectivity index (χ1n) is 18.4. The van der Waals surface area contributed by atoms with Gasteiger partial charge in [0.2, 0.25) is 11.8 Å². The van der Waals surface area contributed by atoms with Crippen molar-refractivity contribution in [1.82, 2.24) is 4.90 Å². The lowest BCUT2D eigenvalue weighted by molar-refractivity contribution is -0.149. The summed E-state index contributed by atoms with van der Waals surface area (Å²) in [6, 6.07) is 28.2. The molecule has 0 saturated carbocycles. The zero-order chi connectivity index (χ0) is 37.5. The van der Waals surface area contributed by atoms with Gasteiger partial charge in [0.05, 0.1) is 36.7 Å². The summed E-state index contributed by atoms with van der Waals surface area (Å²) in [5.74, 6) is -2.44. The maximum atomic E-state index is 15.4. The van der Waals surface area contributed by atoms with Crippen molar-refractivity contribution in [3.63, 3.8) is 0 Å². The van der Waals surface area contributed by atoms with Crippen LogP contribution in [0.2, 0.25) is 0 Å². The summed E-state index contributed by atoms with van der Waals surface area (Å²) in [4.78, 5) is 50.6. The van der Waals surface area contributed by atoms with Gasteiger partial charge in [-0.15, -0.1) is 13.2 Å². The molecule has 3 aliphatic rings. The maximum Gasteiger partial charge on any atom is 0.253 e. The fraction of sp³-hybridized carbons (Fsp3) is 0.341. The van der Waals surface area contributed by atoms with Gasteiger partial charge in [-0.2, -0.15) is 0 Å².